The molecule has 140 valence electrons. The van der Waals surface area contributed by atoms with Crippen molar-refractivity contribution in [3.63, 3.8) is 0 Å². The summed E-state index contributed by atoms with van der Waals surface area (Å²) in [6.07, 6.45) is 0. The summed E-state index contributed by atoms with van der Waals surface area (Å²) in [4.78, 5) is 46.5. The van der Waals surface area contributed by atoms with Gasteiger partial charge in [0, 0.05) is 23.2 Å². The molecule has 9 heteroatoms. The molecule has 2 rings (SSSR count). The van der Waals surface area contributed by atoms with Crippen molar-refractivity contribution in [2.45, 2.75) is 6.92 Å². The average molecular weight is 390 g/mol. The molecule has 0 atom stereocenters. The number of carbonyl (C=O) groups excluding carboxylic acids is 4. The molecular formula is C18H16ClN3O5. The van der Waals surface area contributed by atoms with Gasteiger partial charge in [0.05, 0.1) is 5.56 Å². The van der Waals surface area contributed by atoms with Gasteiger partial charge in [0.1, 0.15) is 0 Å². The fourth-order valence-corrected chi connectivity index (χ4v) is 2.10. The van der Waals surface area contributed by atoms with Gasteiger partial charge in [-0.3, -0.25) is 25.2 Å². The minimum Gasteiger partial charge on any atom is -0.452 e. The van der Waals surface area contributed by atoms with Crippen molar-refractivity contribution in [2.24, 2.45) is 0 Å². The molecule has 0 aliphatic heterocycles. The lowest BCUT2D eigenvalue weighted by Gasteiger charge is -2.09. The number of hydrogen-bond acceptors (Lipinski definition) is 5. The molecule has 8 nitrogen and oxygen atoms in total. The summed E-state index contributed by atoms with van der Waals surface area (Å²) in [5.41, 5.74) is 5.22. The number of carbonyl (C=O) groups is 4. The Labute approximate surface area is 159 Å². The molecule has 0 unspecified atom stereocenters. The molecule has 2 aromatic rings. The van der Waals surface area contributed by atoms with E-state index in [1.807, 2.05) is 0 Å². The van der Waals surface area contributed by atoms with Crippen LogP contribution in [-0.2, 0) is 14.3 Å². The van der Waals surface area contributed by atoms with Crippen molar-refractivity contribution in [1.29, 1.82) is 0 Å². The number of nitrogens with one attached hydrogen (secondary N) is 3. The van der Waals surface area contributed by atoms with Gasteiger partial charge in [-0.25, -0.2) is 4.79 Å². The Morgan fingerprint density at radius 1 is 0.963 bits per heavy atom. The smallest absolute Gasteiger partial charge is 0.338 e. The Morgan fingerprint density at radius 3 is 2.33 bits per heavy atom. The van der Waals surface area contributed by atoms with Gasteiger partial charge in [-0.2, -0.15) is 0 Å². The predicted molar refractivity (Wildman–Crippen MR) is 98.1 cm³/mol. The lowest BCUT2D eigenvalue weighted by Crippen LogP contribution is -2.43. The van der Waals surface area contributed by atoms with Gasteiger partial charge in [-0.1, -0.05) is 17.7 Å². The van der Waals surface area contributed by atoms with Crippen molar-refractivity contribution in [3.8, 4) is 0 Å². The van der Waals surface area contributed by atoms with Gasteiger partial charge in [0.2, 0.25) is 5.91 Å². The van der Waals surface area contributed by atoms with Crippen LogP contribution >= 0.6 is 11.6 Å². The molecule has 2 aromatic carbocycles. The zero-order chi connectivity index (χ0) is 19.8. The number of anilines is 1. The summed E-state index contributed by atoms with van der Waals surface area (Å²) in [6.45, 7) is 0.748. The molecule has 0 radical (unpaired) electrons. The van der Waals surface area contributed by atoms with Crippen LogP contribution in [0.3, 0.4) is 0 Å². The van der Waals surface area contributed by atoms with E-state index < -0.39 is 24.4 Å². The normalized spacial score (nSPS) is 9.85. The highest BCUT2D eigenvalue weighted by Crippen LogP contribution is 2.12. The maximum Gasteiger partial charge on any atom is 0.338 e. The predicted octanol–water partition coefficient (Wildman–Crippen LogP) is 1.92. The summed E-state index contributed by atoms with van der Waals surface area (Å²) in [5.74, 6) is -2.30. The maximum atomic E-state index is 12.0. The van der Waals surface area contributed by atoms with Crippen LogP contribution in [0, 0.1) is 0 Å². The zero-order valence-corrected chi connectivity index (χ0v) is 15.0. The molecule has 0 saturated heterocycles. The zero-order valence-electron chi connectivity index (χ0n) is 14.2. The molecule has 0 aliphatic rings. The van der Waals surface area contributed by atoms with E-state index in [2.05, 4.69) is 16.2 Å². The molecule has 0 heterocycles. The second-order valence-electron chi connectivity index (χ2n) is 5.35. The Morgan fingerprint density at radius 2 is 1.67 bits per heavy atom. The Hall–Kier alpha value is -3.39. The van der Waals surface area contributed by atoms with Gasteiger partial charge >= 0.3 is 5.97 Å². The summed E-state index contributed by atoms with van der Waals surface area (Å²) in [6, 6.07) is 12.1. The largest absolute Gasteiger partial charge is 0.452 e. The van der Waals surface area contributed by atoms with Crippen molar-refractivity contribution < 1.29 is 23.9 Å². The van der Waals surface area contributed by atoms with Crippen molar-refractivity contribution in [1.82, 2.24) is 10.9 Å². The summed E-state index contributed by atoms with van der Waals surface area (Å²) in [5, 5.41) is 3.01. The molecule has 3 N–H and O–H groups in total. The SMILES string of the molecule is CC(=O)Nc1cccc(C(=O)OCC(=O)NNC(=O)c2ccc(Cl)cc2)c1. The fourth-order valence-electron chi connectivity index (χ4n) is 1.98. The first kappa shape index (κ1) is 19.9. The topological polar surface area (TPSA) is 114 Å². The van der Waals surface area contributed by atoms with E-state index in [1.54, 1.807) is 12.1 Å². The quantitative estimate of drug-likeness (QED) is 0.534. The Balaban J connectivity index is 1.81. The third kappa shape index (κ3) is 6.44. The van der Waals surface area contributed by atoms with E-state index in [0.29, 0.717) is 16.3 Å². The minimum atomic E-state index is -0.749. The monoisotopic (exact) mass is 389 g/mol. The number of halogens is 1. The van der Waals surface area contributed by atoms with Crippen molar-refractivity contribution in [3.05, 3.63) is 64.7 Å². The molecule has 0 spiro atoms. The number of esters is 1. The highest BCUT2D eigenvalue weighted by molar-refractivity contribution is 6.30. The number of ether oxygens (including phenoxy) is 1. The van der Waals surface area contributed by atoms with Crippen molar-refractivity contribution >= 4 is 41.0 Å². The molecule has 27 heavy (non-hydrogen) atoms. The summed E-state index contributed by atoms with van der Waals surface area (Å²) >= 11 is 5.73. The maximum absolute atomic E-state index is 12.0. The highest BCUT2D eigenvalue weighted by Gasteiger charge is 2.12. The molecular weight excluding hydrogens is 374 g/mol. The lowest BCUT2D eigenvalue weighted by atomic mass is 10.2. The number of benzene rings is 2. The number of rotatable bonds is 5. The van der Waals surface area contributed by atoms with E-state index in [9.17, 15) is 19.2 Å². The van der Waals surface area contributed by atoms with Gasteiger partial charge in [0.25, 0.3) is 11.8 Å². The van der Waals surface area contributed by atoms with Crippen LogP contribution in [0.25, 0.3) is 0 Å². The molecule has 0 aromatic heterocycles. The van der Waals surface area contributed by atoms with E-state index >= 15 is 0 Å². The van der Waals surface area contributed by atoms with E-state index in [4.69, 9.17) is 16.3 Å². The van der Waals surface area contributed by atoms with E-state index in [0.717, 1.165) is 0 Å². The average Bonchev–Trinajstić information content (AvgIpc) is 2.64. The minimum absolute atomic E-state index is 0.166. The van der Waals surface area contributed by atoms with E-state index in [1.165, 1.54) is 43.3 Å². The fraction of sp³-hybridized carbons (Fsp3) is 0.111. The summed E-state index contributed by atoms with van der Waals surface area (Å²) in [7, 11) is 0. The van der Waals surface area contributed by atoms with Crippen LogP contribution < -0.4 is 16.2 Å². The van der Waals surface area contributed by atoms with Crippen LogP contribution in [0.4, 0.5) is 5.69 Å². The van der Waals surface area contributed by atoms with Gasteiger partial charge in [-0.15, -0.1) is 0 Å². The first-order valence-corrected chi connectivity index (χ1v) is 8.12. The van der Waals surface area contributed by atoms with Crippen LogP contribution in [0.1, 0.15) is 27.6 Å². The lowest BCUT2D eigenvalue weighted by molar-refractivity contribution is -0.125. The molecule has 0 aliphatic carbocycles. The molecule has 0 saturated carbocycles. The Bertz CT molecular complexity index is 868. The van der Waals surface area contributed by atoms with Crippen LogP contribution in [-0.4, -0.2) is 30.3 Å². The first-order chi connectivity index (χ1) is 12.8. The van der Waals surface area contributed by atoms with Gasteiger partial charge in [0.15, 0.2) is 6.61 Å². The highest BCUT2D eigenvalue weighted by atomic mass is 35.5. The second-order valence-corrected chi connectivity index (χ2v) is 5.78. The third-order valence-corrected chi connectivity index (χ3v) is 3.43. The number of amides is 3. The second kappa shape index (κ2) is 9.35. The van der Waals surface area contributed by atoms with Crippen LogP contribution in [0.5, 0.6) is 0 Å². The van der Waals surface area contributed by atoms with E-state index in [-0.39, 0.29) is 11.5 Å². The van der Waals surface area contributed by atoms with Gasteiger partial charge in [-0.05, 0) is 42.5 Å². The third-order valence-electron chi connectivity index (χ3n) is 3.17. The Kier molecular flexibility index (Phi) is 6.90. The standard InChI is InChI=1S/C18H16ClN3O5/c1-11(23)20-15-4-2-3-13(9-15)18(26)27-10-16(24)21-22-17(25)12-5-7-14(19)8-6-12/h2-9H,10H2,1H3,(H,20,23)(H,21,24)(H,22,25). The van der Waals surface area contributed by atoms with Crippen molar-refractivity contribution in [2.75, 3.05) is 11.9 Å². The van der Waals surface area contributed by atoms with Gasteiger partial charge < -0.3 is 10.1 Å². The summed E-state index contributed by atoms with van der Waals surface area (Å²) < 4.78 is 4.87. The van der Waals surface area contributed by atoms with Crippen LogP contribution in [0.15, 0.2) is 48.5 Å². The first-order valence-electron chi connectivity index (χ1n) is 7.74. The number of hydrazine groups is 1. The van der Waals surface area contributed by atoms with Crippen LogP contribution in [0.2, 0.25) is 5.02 Å². The number of hydrogen-bond donors (Lipinski definition) is 3. The molecule has 3 amide bonds. The molecule has 0 fully saturated rings. The molecule has 0 bridgehead atoms.